The Morgan fingerprint density at radius 2 is 2.36 bits per heavy atom. The number of carbonyl (C=O) groups is 1. The zero-order valence-corrected chi connectivity index (χ0v) is 7.01. The van der Waals surface area contributed by atoms with Crippen LogP contribution in [-0.4, -0.2) is 21.3 Å². The molecule has 0 aromatic carbocycles. The first-order chi connectivity index (χ1) is 6.75. The van der Waals surface area contributed by atoms with Crippen molar-refractivity contribution < 1.29 is 18.7 Å². The summed E-state index contributed by atoms with van der Waals surface area (Å²) in [6.45, 7) is 0. The van der Waals surface area contributed by atoms with E-state index >= 15 is 0 Å². The zero-order chi connectivity index (χ0) is 9.97. The van der Waals surface area contributed by atoms with E-state index in [1.54, 1.807) is 12.1 Å². The molecule has 0 bridgehead atoms. The number of carboxylic acids is 1. The average Bonchev–Trinajstić information content (AvgIpc) is 2.69. The molecular weight excluding hydrogens is 188 g/mol. The predicted molar refractivity (Wildman–Crippen MR) is 43.3 cm³/mol. The second kappa shape index (κ2) is 3.33. The number of furan rings is 1. The van der Waals surface area contributed by atoms with Crippen LogP contribution in [0.2, 0.25) is 0 Å². The quantitative estimate of drug-likeness (QED) is 0.782. The van der Waals surface area contributed by atoms with Gasteiger partial charge < -0.3 is 13.9 Å². The summed E-state index contributed by atoms with van der Waals surface area (Å²) in [6.07, 6.45) is 1.18. The van der Waals surface area contributed by atoms with Crippen molar-refractivity contribution in [1.29, 1.82) is 0 Å². The molecule has 6 heteroatoms. The summed E-state index contributed by atoms with van der Waals surface area (Å²) in [5.41, 5.74) is 0. The molecule has 2 aromatic rings. The van der Waals surface area contributed by atoms with Gasteiger partial charge in [-0.1, -0.05) is 0 Å². The number of hydrogen-bond donors (Lipinski definition) is 1. The molecule has 0 radical (unpaired) electrons. The molecule has 0 spiro atoms. The largest absolute Gasteiger partial charge is 0.481 e. The fraction of sp³-hybridized carbons (Fsp3) is 0.125. The van der Waals surface area contributed by atoms with E-state index < -0.39 is 5.97 Å². The third-order valence-corrected chi connectivity index (χ3v) is 1.50. The maximum Gasteiger partial charge on any atom is 0.312 e. The minimum atomic E-state index is -1.01. The summed E-state index contributed by atoms with van der Waals surface area (Å²) in [6, 6.07) is 3.33. The summed E-state index contributed by atoms with van der Waals surface area (Å²) in [7, 11) is 0. The Morgan fingerprint density at radius 1 is 1.50 bits per heavy atom. The van der Waals surface area contributed by atoms with E-state index in [1.165, 1.54) is 6.26 Å². The van der Waals surface area contributed by atoms with Gasteiger partial charge in [0.25, 0.3) is 5.89 Å². The van der Waals surface area contributed by atoms with Crippen molar-refractivity contribution in [3.8, 4) is 11.7 Å². The number of hydrogen-bond acceptors (Lipinski definition) is 5. The van der Waals surface area contributed by atoms with E-state index in [-0.39, 0.29) is 18.2 Å². The summed E-state index contributed by atoms with van der Waals surface area (Å²) in [5.74, 6) is -0.344. The van der Waals surface area contributed by atoms with Gasteiger partial charge in [0.15, 0.2) is 5.76 Å². The number of rotatable bonds is 3. The Balaban J connectivity index is 2.22. The molecule has 2 rings (SSSR count). The summed E-state index contributed by atoms with van der Waals surface area (Å²) in [4.78, 5) is 10.3. The second-order valence-electron chi connectivity index (χ2n) is 2.55. The molecule has 2 aromatic heterocycles. The Kier molecular flexibility index (Phi) is 2.02. The number of aromatic nitrogens is 2. The summed E-state index contributed by atoms with van der Waals surface area (Å²) >= 11 is 0. The van der Waals surface area contributed by atoms with Crippen molar-refractivity contribution in [3.63, 3.8) is 0 Å². The molecular formula is C8H6N2O4. The second-order valence-corrected chi connectivity index (χ2v) is 2.55. The van der Waals surface area contributed by atoms with Crippen LogP contribution < -0.4 is 0 Å². The Bertz CT molecular complexity index is 432. The lowest BCUT2D eigenvalue weighted by molar-refractivity contribution is -0.136. The molecule has 1 N–H and O–H groups in total. The van der Waals surface area contributed by atoms with Crippen LogP contribution >= 0.6 is 0 Å². The Morgan fingerprint density at radius 3 is 3.00 bits per heavy atom. The van der Waals surface area contributed by atoms with Gasteiger partial charge in [0, 0.05) is 0 Å². The molecule has 0 saturated heterocycles. The van der Waals surface area contributed by atoms with Crippen molar-refractivity contribution in [2.75, 3.05) is 0 Å². The van der Waals surface area contributed by atoms with Gasteiger partial charge in [0.2, 0.25) is 5.89 Å². The average molecular weight is 194 g/mol. The Hall–Kier alpha value is -2.11. The van der Waals surface area contributed by atoms with Gasteiger partial charge in [0.05, 0.1) is 6.26 Å². The molecule has 0 aliphatic heterocycles. The van der Waals surface area contributed by atoms with Gasteiger partial charge >= 0.3 is 5.97 Å². The van der Waals surface area contributed by atoms with Crippen molar-refractivity contribution in [2.45, 2.75) is 6.42 Å². The van der Waals surface area contributed by atoms with Crippen molar-refractivity contribution in [3.05, 3.63) is 24.3 Å². The van der Waals surface area contributed by atoms with Crippen LogP contribution in [0.15, 0.2) is 27.2 Å². The summed E-state index contributed by atoms with van der Waals surface area (Å²) < 4.78 is 10.0. The van der Waals surface area contributed by atoms with Crippen LogP contribution in [0.1, 0.15) is 5.89 Å². The first-order valence-electron chi connectivity index (χ1n) is 3.84. The van der Waals surface area contributed by atoms with E-state index in [4.69, 9.17) is 13.9 Å². The lowest BCUT2D eigenvalue weighted by Gasteiger charge is -1.86. The van der Waals surface area contributed by atoms with Gasteiger partial charge in [-0.25, -0.2) is 0 Å². The molecule has 0 amide bonds. The van der Waals surface area contributed by atoms with Crippen LogP contribution in [-0.2, 0) is 11.2 Å². The van der Waals surface area contributed by atoms with E-state index in [2.05, 4.69) is 10.2 Å². The minimum absolute atomic E-state index is 0.0592. The lowest BCUT2D eigenvalue weighted by atomic mass is 10.4. The SMILES string of the molecule is O=C(O)Cc1nnc(-c2ccco2)o1. The molecule has 72 valence electrons. The molecule has 0 fully saturated rings. The first kappa shape index (κ1) is 8.49. The first-order valence-corrected chi connectivity index (χ1v) is 3.84. The highest BCUT2D eigenvalue weighted by molar-refractivity contribution is 5.68. The van der Waals surface area contributed by atoms with Gasteiger partial charge in [-0.3, -0.25) is 4.79 Å². The van der Waals surface area contributed by atoms with Crippen molar-refractivity contribution in [1.82, 2.24) is 10.2 Å². The molecule has 0 atom stereocenters. The highest BCUT2D eigenvalue weighted by Gasteiger charge is 2.12. The molecule has 0 aliphatic carbocycles. The van der Waals surface area contributed by atoms with Crippen LogP contribution in [0, 0.1) is 0 Å². The molecule has 6 nitrogen and oxygen atoms in total. The monoisotopic (exact) mass is 194 g/mol. The topological polar surface area (TPSA) is 89.4 Å². The van der Waals surface area contributed by atoms with E-state index in [9.17, 15) is 4.79 Å². The third kappa shape index (κ3) is 1.63. The molecule has 2 heterocycles. The molecule has 0 unspecified atom stereocenters. The van der Waals surface area contributed by atoms with Crippen LogP contribution in [0.5, 0.6) is 0 Å². The molecule has 0 saturated carbocycles. The van der Waals surface area contributed by atoms with E-state index in [0.717, 1.165) is 0 Å². The van der Waals surface area contributed by atoms with Gasteiger partial charge in [-0.2, -0.15) is 0 Å². The fourth-order valence-electron chi connectivity index (χ4n) is 0.954. The highest BCUT2D eigenvalue weighted by Crippen LogP contribution is 2.17. The fourth-order valence-corrected chi connectivity index (χ4v) is 0.954. The third-order valence-electron chi connectivity index (χ3n) is 1.50. The van der Waals surface area contributed by atoms with Crippen molar-refractivity contribution in [2.24, 2.45) is 0 Å². The Labute approximate surface area is 78.2 Å². The number of carboxylic acid groups (broad SMARTS) is 1. The van der Waals surface area contributed by atoms with Gasteiger partial charge in [-0.15, -0.1) is 10.2 Å². The van der Waals surface area contributed by atoms with Crippen LogP contribution in [0.3, 0.4) is 0 Å². The lowest BCUT2D eigenvalue weighted by Crippen LogP contribution is -1.99. The van der Waals surface area contributed by atoms with Gasteiger partial charge in [-0.05, 0) is 12.1 Å². The zero-order valence-electron chi connectivity index (χ0n) is 7.01. The molecule has 0 aliphatic rings. The standard InChI is InChI=1S/C8H6N2O4/c11-7(12)4-6-9-10-8(14-6)5-2-1-3-13-5/h1-3H,4H2,(H,11,12). The maximum atomic E-state index is 10.3. The smallest absolute Gasteiger partial charge is 0.312 e. The minimum Gasteiger partial charge on any atom is -0.481 e. The van der Waals surface area contributed by atoms with E-state index in [1.807, 2.05) is 0 Å². The van der Waals surface area contributed by atoms with Crippen LogP contribution in [0.25, 0.3) is 11.7 Å². The van der Waals surface area contributed by atoms with Crippen molar-refractivity contribution >= 4 is 5.97 Å². The number of nitrogens with zero attached hydrogens (tertiary/aromatic N) is 2. The highest BCUT2D eigenvalue weighted by atomic mass is 16.4. The van der Waals surface area contributed by atoms with E-state index in [0.29, 0.717) is 5.76 Å². The number of aliphatic carboxylic acids is 1. The predicted octanol–water partition coefficient (Wildman–Crippen LogP) is 0.957. The summed E-state index contributed by atoms with van der Waals surface area (Å²) in [5, 5.41) is 15.6. The molecule has 14 heavy (non-hydrogen) atoms. The maximum absolute atomic E-state index is 10.3. The van der Waals surface area contributed by atoms with Crippen LogP contribution in [0.4, 0.5) is 0 Å². The van der Waals surface area contributed by atoms with Gasteiger partial charge in [0.1, 0.15) is 6.42 Å². The normalized spacial score (nSPS) is 10.3.